The molecule has 0 aromatic carbocycles. The van der Waals surface area contributed by atoms with Crippen LogP contribution in [-0.4, -0.2) is 94.6 Å². The molecule has 2 fully saturated rings. The van der Waals surface area contributed by atoms with Gasteiger partial charge >= 0.3 is 0 Å². The molecule has 0 aromatic rings. The Labute approximate surface area is 208 Å². The van der Waals surface area contributed by atoms with Crippen LogP contribution < -0.4 is 0 Å². The molecule has 4 heterocycles. The van der Waals surface area contributed by atoms with Crippen LogP contribution in [0.25, 0.3) is 0 Å². The van der Waals surface area contributed by atoms with E-state index in [0.29, 0.717) is 26.2 Å². The van der Waals surface area contributed by atoms with Crippen molar-refractivity contribution in [3.05, 3.63) is 24.3 Å². The van der Waals surface area contributed by atoms with Gasteiger partial charge in [0.2, 0.25) is 17.7 Å². The molecule has 5 atom stereocenters. The summed E-state index contributed by atoms with van der Waals surface area (Å²) >= 11 is 0. The normalized spacial score (nSPS) is 34.2. The highest BCUT2D eigenvalue weighted by Crippen LogP contribution is 2.57. The minimum Gasteiger partial charge on any atom is -0.396 e. The number of likely N-dealkylation sites (tertiary alicyclic amines) is 1. The van der Waals surface area contributed by atoms with E-state index in [1.807, 2.05) is 36.1 Å². The maximum absolute atomic E-state index is 14.1. The van der Waals surface area contributed by atoms with E-state index in [4.69, 9.17) is 9.84 Å². The molecular formula is C27H41N3O5. The van der Waals surface area contributed by atoms with Crippen LogP contribution in [0, 0.1) is 11.8 Å². The molecule has 2 saturated heterocycles. The molecule has 4 aliphatic rings. The molecule has 8 nitrogen and oxygen atoms in total. The number of unbranched alkanes of at least 4 members (excludes halogenated alkanes) is 5. The number of hydrogen-bond donors (Lipinski definition) is 1. The molecule has 1 unspecified atom stereocenters. The fourth-order valence-electron chi connectivity index (χ4n) is 6.43. The average molecular weight is 488 g/mol. The Balaban J connectivity index is 1.71. The van der Waals surface area contributed by atoms with Crippen LogP contribution in [0.1, 0.15) is 58.8 Å². The smallest absolute Gasteiger partial charge is 0.249 e. The number of carbonyl (C=O) groups excluding carboxylic acids is 3. The minimum absolute atomic E-state index is 0.0813. The fraction of sp³-hybridized carbons (Fsp3) is 0.741. The average Bonchev–Trinajstić information content (AvgIpc) is 3.10. The van der Waals surface area contributed by atoms with Gasteiger partial charge in [-0.2, -0.15) is 0 Å². The lowest BCUT2D eigenvalue weighted by molar-refractivity contribution is -0.152. The van der Waals surface area contributed by atoms with Crippen molar-refractivity contribution in [1.29, 1.82) is 0 Å². The summed E-state index contributed by atoms with van der Waals surface area (Å²) in [6, 6.07) is -0.770. The first kappa shape index (κ1) is 25.9. The van der Waals surface area contributed by atoms with Crippen LogP contribution in [0.5, 0.6) is 0 Å². The standard InChI is InChI=1S/C27H41N3O5/c1-4-5-8-16-29-17-12-14-27-21(20-23(32)28(3)15-11-13-26(20,2)35-27)24(33)30(22(27)25(29)34)18-9-6-7-10-19-31/h11-14,20-22,31H,4-10,15-19H2,1-3H3/t20-,21-,22?,26+,27-/m0/s1. The van der Waals surface area contributed by atoms with Crippen molar-refractivity contribution in [1.82, 2.24) is 14.7 Å². The quantitative estimate of drug-likeness (QED) is 0.377. The van der Waals surface area contributed by atoms with Gasteiger partial charge in [0.15, 0.2) is 0 Å². The summed E-state index contributed by atoms with van der Waals surface area (Å²) < 4.78 is 6.77. The number of aliphatic hydroxyl groups excluding tert-OH is 1. The van der Waals surface area contributed by atoms with E-state index in [0.717, 1.165) is 44.9 Å². The highest BCUT2D eigenvalue weighted by atomic mass is 16.5. The van der Waals surface area contributed by atoms with Gasteiger partial charge in [0.25, 0.3) is 0 Å². The summed E-state index contributed by atoms with van der Waals surface area (Å²) in [5.74, 6) is -1.76. The van der Waals surface area contributed by atoms with Crippen LogP contribution >= 0.6 is 0 Å². The zero-order chi connectivity index (χ0) is 25.2. The Kier molecular flexibility index (Phi) is 7.71. The summed E-state index contributed by atoms with van der Waals surface area (Å²) in [5.41, 5.74) is -2.11. The summed E-state index contributed by atoms with van der Waals surface area (Å²) in [5, 5.41) is 9.09. The molecule has 0 aliphatic carbocycles. The van der Waals surface area contributed by atoms with Crippen molar-refractivity contribution in [2.24, 2.45) is 11.8 Å². The first-order valence-electron chi connectivity index (χ1n) is 13.3. The second-order valence-electron chi connectivity index (χ2n) is 10.7. The van der Waals surface area contributed by atoms with E-state index in [2.05, 4.69) is 6.92 Å². The van der Waals surface area contributed by atoms with Crippen molar-refractivity contribution >= 4 is 17.7 Å². The van der Waals surface area contributed by atoms with E-state index < -0.39 is 29.1 Å². The number of ether oxygens (including phenoxy) is 1. The van der Waals surface area contributed by atoms with Crippen molar-refractivity contribution < 1.29 is 24.2 Å². The van der Waals surface area contributed by atoms with E-state index in [9.17, 15) is 14.4 Å². The number of hydrogen-bond acceptors (Lipinski definition) is 5. The summed E-state index contributed by atoms with van der Waals surface area (Å²) in [6.45, 7) is 6.22. The van der Waals surface area contributed by atoms with Gasteiger partial charge in [-0.15, -0.1) is 0 Å². The Morgan fingerprint density at radius 2 is 1.63 bits per heavy atom. The summed E-state index contributed by atoms with van der Waals surface area (Å²) in [6.07, 6.45) is 14.0. The predicted octanol–water partition coefficient (Wildman–Crippen LogP) is 2.13. The highest BCUT2D eigenvalue weighted by molar-refractivity contribution is 6.00. The third-order valence-electron chi connectivity index (χ3n) is 8.18. The van der Waals surface area contributed by atoms with Crippen molar-refractivity contribution in [2.45, 2.75) is 76.0 Å². The first-order chi connectivity index (χ1) is 16.8. The largest absolute Gasteiger partial charge is 0.396 e. The Hall–Kier alpha value is -2.19. The molecule has 0 saturated carbocycles. The van der Waals surface area contributed by atoms with Gasteiger partial charge in [-0.3, -0.25) is 14.4 Å². The van der Waals surface area contributed by atoms with Crippen LogP contribution in [0.15, 0.2) is 24.3 Å². The van der Waals surface area contributed by atoms with E-state index in [1.165, 1.54) is 0 Å². The van der Waals surface area contributed by atoms with Crippen LogP contribution in [-0.2, 0) is 19.1 Å². The molecular weight excluding hydrogens is 446 g/mol. The third kappa shape index (κ3) is 4.44. The molecule has 0 aromatic heterocycles. The van der Waals surface area contributed by atoms with Crippen LogP contribution in [0.2, 0.25) is 0 Å². The summed E-state index contributed by atoms with van der Waals surface area (Å²) in [4.78, 5) is 46.8. The number of aliphatic hydroxyl groups is 1. The molecule has 0 bridgehead atoms. The molecule has 4 aliphatic heterocycles. The number of nitrogens with zero attached hydrogens (tertiary/aromatic N) is 3. The van der Waals surface area contributed by atoms with E-state index in [-0.39, 0.29) is 24.3 Å². The van der Waals surface area contributed by atoms with E-state index >= 15 is 0 Å². The molecule has 8 heteroatoms. The number of rotatable bonds is 10. The van der Waals surface area contributed by atoms with Gasteiger partial charge in [-0.25, -0.2) is 0 Å². The SMILES string of the molecule is CCCCCN1CC=C[C@]23O[C@]4(C)C=CCN(C)C(=O)[C@@H]4[C@H]2C(=O)N(CCCCCCO)C3C1=O. The van der Waals surface area contributed by atoms with Gasteiger partial charge in [0, 0.05) is 39.8 Å². The van der Waals surface area contributed by atoms with Crippen molar-refractivity contribution in [3.8, 4) is 0 Å². The van der Waals surface area contributed by atoms with Crippen molar-refractivity contribution in [3.63, 3.8) is 0 Å². The van der Waals surface area contributed by atoms with Gasteiger partial charge in [0.1, 0.15) is 11.6 Å². The number of amides is 3. The minimum atomic E-state index is -1.16. The third-order valence-corrected chi connectivity index (χ3v) is 8.18. The maximum Gasteiger partial charge on any atom is 0.249 e. The molecule has 1 N–H and O–H groups in total. The number of likely N-dealkylation sites (N-methyl/N-ethyl adjacent to an activating group) is 1. The zero-order valence-corrected chi connectivity index (χ0v) is 21.4. The lowest BCUT2D eigenvalue weighted by Gasteiger charge is -2.37. The first-order valence-corrected chi connectivity index (χ1v) is 13.3. The van der Waals surface area contributed by atoms with E-state index in [1.54, 1.807) is 16.8 Å². The molecule has 4 rings (SSSR count). The van der Waals surface area contributed by atoms with Gasteiger partial charge < -0.3 is 24.5 Å². The molecule has 194 valence electrons. The summed E-state index contributed by atoms with van der Waals surface area (Å²) in [7, 11) is 1.75. The lowest BCUT2D eigenvalue weighted by atomic mass is 9.74. The van der Waals surface area contributed by atoms with Gasteiger partial charge in [-0.05, 0) is 26.2 Å². The maximum atomic E-state index is 14.1. The zero-order valence-electron chi connectivity index (χ0n) is 21.4. The van der Waals surface area contributed by atoms with Gasteiger partial charge in [-0.1, -0.05) is 56.9 Å². The van der Waals surface area contributed by atoms with Gasteiger partial charge in [0.05, 0.1) is 17.4 Å². The van der Waals surface area contributed by atoms with Crippen LogP contribution in [0.4, 0.5) is 0 Å². The fourth-order valence-corrected chi connectivity index (χ4v) is 6.43. The number of fused-ring (bicyclic) bond motifs is 2. The Morgan fingerprint density at radius 3 is 2.37 bits per heavy atom. The highest BCUT2D eigenvalue weighted by Gasteiger charge is 2.74. The second-order valence-corrected chi connectivity index (χ2v) is 10.7. The topological polar surface area (TPSA) is 90.4 Å². The molecule has 0 radical (unpaired) electrons. The van der Waals surface area contributed by atoms with Crippen LogP contribution in [0.3, 0.4) is 0 Å². The molecule has 3 amide bonds. The number of carbonyl (C=O) groups is 3. The monoisotopic (exact) mass is 487 g/mol. The Bertz CT molecular complexity index is 888. The second kappa shape index (κ2) is 10.4. The lowest BCUT2D eigenvalue weighted by Crippen LogP contribution is -2.56. The predicted molar refractivity (Wildman–Crippen MR) is 132 cm³/mol. The molecule has 35 heavy (non-hydrogen) atoms. The molecule has 1 spiro atoms. The Morgan fingerprint density at radius 1 is 0.914 bits per heavy atom. The van der Waals surface area contributed by atoms with Crippen molar-refractivity contribution in [2.75, 3.05) is 39.8 Å².